The van der Waals surface area contributed by atoms with Crippen LogP contribution in [0, 0.1) is 0 Å². The van der Waals surface area contributed by atoms with Crippen molar-refractivity contribution in [2.75, 3.05) is 70.8 Å². The summed E-state index contributed by atoms with van der Waals surface area (Å²) in [4.78, 5) is 28.8. The number of nitrogens with zero attached hydrogens (tertiary/aromatic N) is 5. The number of para-hydroxylation sites is 1. The Morgan fingerprint density at radius 1 is 1.03 bits per heavy atom. The maximum Gasteiger partial charge on any atom is 0.321 e. The summed E-state index contributed by atoms with van der Waals surface area (Å²) in [5, 5.41) is 7.51. The third kappa shape index (κ3) is 5.77. The van der Waals surface area contributed by atoms with Crippen LogP contribution in [0.25, 0.3) is 10.9 Å². The molecule has 0 atom stereocenters. The highest BCUT2D eigenvalue weighted by molar-refractivity contribution is 5.90. The first kappa shape index (κ1) is 24.1. The number of amides is 2. The molecule has 0 spiro atoms. The van der Waals surface area contributed by atoms with Crippen molar-refractivity contribution < 1.29 is 14.3 Å². The first-order chi connectivity index (χ1) is 17.5. The van der Waals surface area contributed by atoms with Crippen LogP contribution in [0.2, 0.25) is 0 Å². The van der Waals surface area contributed by atoms with E-state index in [0.717, 1.165) is 55.1 Å². The Hall–Kier alpha value is -3.63. The van der Waals surface area contributed by atoms with E-state index in [-0.39, 0.29) is 12.8 Å². The number of nitrogens with one attached hydrogen (secondary N) is 2. The van der Waals surface area contributed by atoms with Crippen LogP contribution in [0.15, 0.2) is 42.5 Å². The molecule has 1 fully saturated rings. The van der Waals surface area contributed by atoms with E-state index >= 15 is 0 Å². The summed E-state index contributed by atoms with van der Waals surface area (Å²) in [7, 11) is 4.16. The van der Waals surface area contributed by atoms with Gasteiger partial charge in [-0.1, -0.05) is 12.1 Å². The highest BCUT2D eigenvalue weighted by Gasteiger charge is 2.23. The summed E-state index contributed by atoms with van der Waals surface area (Å²) in [5.74, 6) is 3.03. The number of carbonyl (C=O) groups excluding carboxylic acids is 1. The van der Waals surface area contributed by atoms with Gasteiger partial charge in [-0.3, -0.25) is 4.90 Å². The van der Waals surface area contributed by atoms with E-state index in [0.29, 0.717) is 36.8 Å². The molecule has 10 heteroatoms. The lowest BCUT2D eigenvalue weighted by Crippen LogP contribution is -2.49. The lowest BCUT2D eigenvalue weighted by atomic mass is 10.2. The van der Waals surface area contributed by atoms with Gasteiger partial charge in [-0.2, -0.15) is 0 Å². The monoisotopic (exact) mass is 491 g/mol. The molecule has 2 amide bonds. The zero-order chi connectivity index (χ0) is 24.9. The van der Waals surface area contributed by atoms with Gasteiger partial charge in [-0.25, -0.2) is 14.8 Å². The standard InChI is InChI=1S/C26H33N7O3/c1-31(2)11-5-10-27-25-20-6-3-4-7-21(20)29-24(30-25)17-32-12-14-33(15-13-32)26(34)28-19-8-9-22-23(16-19)36-18-35-22/h3-4,6-9,16H,5,10-15,17-18H2,1-2H3,(H,28,34)(H,27,29,30). The molecule has 1 saturated heterocycles. The number of fused-ring (bicyclic) bond motifs is 2. The number of aromatic nitrogens is 2. The third-order valence-corrected chi connectivity index (χ3v) is 6.37. The first-order valence-electron chi connectivity index (χ1n) is 12.4. The summed E-state index contributed by atoms with van der Waals surface area (Å²) in [6, 6.07) is 13.4. The number of urea groups is 1. The molecule has 0 saturated carbocycles. The number of ether oxygens (including phenoxy) is 2. The lowest BCUT2D eigenvalue weighted by molar-refractivity contribution is 0.141. The number of hydrogen-bond donors (Lipinski definition) is 2. The number of carbonyl (C=O) groups is 1. The minimum atomic E-state index is -0.111. The fourth-order valence-electron chi connectivity index (χ4n) is 4.42. The van der Waals surface area contributed by atoms with E-state index in [2.05, 4.69) is 40.6 Å². The van der Waals surface area contributed by atoms with Crippen LogP contribution in [-0.2, 0) is 6.54 Å². The zero-order valence-corrected chi connectivity index (χ0v) is 20.9. The number of piperazine rings is 1. The summed E-state index contributed by atoms with van der Waals surface area (Å²) >= 11 is 0. The molecular formula is C26H33N7O3. The number of rotatable bonds is 8. The van der Waals surface area contributed by atoms with Gasteiger partial charge in [0, 0.05) is 49.9 Å². The summed E-state index contributed by atoms with van der Waals surface area (Å²) in [5.41, 5.74) is 1.64. The second-order valence-electron chi connectivity index (χ2n) is 9.35. The Morgan fingerprint density at radius 3 is 2.67 bits per heavy atom. The molecule has 0 radical (unpaired) electrons. The van der Waals surface area contributed by atoms with E-state index in [9.17, 15) is 4.79 Å². The molecule has 0 bridgehead atoms. The molecule has 2 aromatic carbocycles. The molecule has 1 aromatic heterocycles. The summed E-state index contributed by atoms with van der Waals surface area (Å²) in [6.07, 6.45) is 1.04. The van der Waals surface area contributed by atoms with Crippen molar-refractivity contribution in [3.63, 3.8) is 0 Å². The fraction of sp³-hybridized carbons (Fsp3) is 0.423. The van der Waals surface area contributed by atoms with Crippen molar-refractivity contribution in [3.8, 4) is 11.5 Å². The van der Waals surface area contributed by atoms with Gasteiger partial charge < -0.3 is 29.9 Å². The highest BCUT2D eigenvalue weighted by Crippen LogP contribution is 2.34. The highest BCUT2D eigenvalue weighted by atomic mass is 16.7. The van der Waals surface area contributed by atoms with Crippen LogP contribution < -0.4 is 20.1 Å². The van der Waals surface area contributed by atoms with Gasteiger partial charge in [-0.05, 0) is 51.3 Å². The van der Waals surface area contributed by atoms with E-state index < -0.39 is 0 Å². The third-order valence-electron chi connectivity index (χ3n) is 6.37. The van der Waals surface area contributed by atoms with Gasteiger partial charge in [0.05, 0.1) is 12.1 Å². The van der Waals surface area contributed by atoms with Gasteiger partial charge in [0.15, 0.2) is 11.5 Å². The van der Waals surface area contributed by atoms with Crippen LogP contribution in [-0.4, -0.2) is 90.9 Å². The maximum absolute atomic E-state index is 12.8. The number of hydrogen-bond acceptors (Lipinski definition) is 8. The van der Waals surface area contributed by atoms with E-state index in [1.165, 1.54) is 0 Å². The molecule has 5 rings (SSSR count). The molecule has 0 aliphatic carbocycles. The molecule has 3 aromatic rings. The van der Waals surface area contributed by atoms with Crippen molar-refractivity contribution in [1.82, 2.24) is 24.7 Å². The number of benzene rings is 2. The zero-order valence-electron chi connectivity index (χ0n) is 20.9. The number of anilines is 2. The fourth-order valence-corrected chi connectivity index (χ4v) is 4.42. The SMILES string of the molecule is CN(C)CCCNc1nc(CN2CCN(C(=O)Nc3ccc4c(c3)OCO4)CC2)nc2ccccc12. The normalized spacial score (nSPS) is 15.5. The molecule has 36 heavy (non-hydrogen) atoms. The van der Waals surface area contributed by atoms with Crippen molar-refractivity contribution in [1.29, 1.82) is 0 Å². The largest absolute Gasteiger partial charge is 0.454 e. The Labute approximate surface area is 211 Å². The van der Waals surface area contributed by atoms with Gasteiger partial charge in [0.1, 0.15) is 11.6 Å². The van der Waals surface area contributed by atoms with Crippen molar-refractivity contribution in [3.05, 3.63) is 48.3 Å². The Kier molecular flexibility index (Phi) is 7.33. The van der Waals surface area contributed by atoms with Gasteiger partial charge >= 0.3 is 6.03 Å². The second-order valence-corrected chi connectivity index (χ2v) is 9.35. The van der Waals surface area contributed by atoms with E-state index in [1.807, 2.05) is 35.2 Å². The maximum atomic E-state index is 12.8. The Bertz CT molecular complexity index is 1210. The van der Waals surface area contributed by atoms with Crippen LogP contribution in [0.5, 0.6) is 11.5 Å². The van der Waals surface area contributed by atoms with Gasteiger partial charge in [0.2, 0.25) is 6.79 Å². The van der Waals surface area contributed by atoms with Crippen LogP contribution in [0.1, 0.15) is 12.2 Å². The average Bonchev–Trinajstić information content (AvgIpc) is 3.35. The molecule has 2 aliphatic heterocycles. The van der Waals surface area contributed by atoms with Gasteiger partial charge in [-0.15, -0.1) is 0 Å². The summed E-state index contributed by atoms with van der Waals surface area (Å²) < 4.78 is 10.7. The minimum Gasteiger partial charge on any atom is -0.454 e. The lowest BCUT2D eigenvalue weighted by Gasteiger charge is -2.34. The Balaban J connectivity index is 1.17. The topological polar surface area (TPSA) is 95.1 Å². The predicted octanol–water partition coefficient (Wildman–Crippen LogP) is 3.07. The summed E-state index contributed by atoms with van der Waals surface area (Å²) in [6.45, 7) is 5.54. The quantitative estimate of drug-likeness (QED) is 0.465. The van der Waals surface area contributed by atoms with Crippen molar-refractivity contribution in [2.45, 2.75) is 13.0 Å². The molecule has 3 heterocycles. The van der Waals surface area contributed by atoms with Crippen LogP contribution in [0.3, 0.4) is 0 Å². The first-order valence-corrected chi connectivity index (χ1v) is 12.4. The van der Waals surface area contributed by atoms with Crippen LogP contribution in [0.4, 0.5) is 16.3 Å². The van der Waals surface area contributed by atoms with Gasteiger partial charge in [0.25, 0.3) is 0 Å². The molecule has 10 nitrogen and oxygen atoms in total. The predicted molar refractivity (Wildman–Crippen MR) is 140 cm³/mol. The second kappa shape index (κ2) is 11.0. The van der Waals surface area contributed by atoms with E-state index in [1.54, 1.807) is 6.07 Å². The minimum absolute atomic E-state index is 0.111. The average molecular weight is 492 g/mol. The molecule has 190 valence electrons. The molecule has 2 N–H and O–H groups in total. The van der Waals surface area contributed by atoms with Crippen molar-refractivity contribution in [2.24, 2.45) is 0 Å². The van der Waals surface area contributed by atoms with Crippen molar-refractivity contribution >= 4 is 28.4 Å². The molecule has 0 unspecified atom stereocenters. The Morgan fingerprint density at radius 2 is 1.83 bits per heavy atom. The molecule has 2 aliphatic rings. The molecular weight excluding hydrogens is 458 g/mol. The van der Waals surface area contributed by atoms with Crippen LogP contribution >= 0.6 is 0 Å². The smallest absolute Gasteiger partial charge is 0.321 e. The van der Waals surface area contributed by atoms with E-state index in [4.69, 9.17) is 19.4 Å².